The van der Waals surface area contributed by atoms with E-state index in [2.05, 4.69) is 17.5 Å². The van der Waals surface area contributed by atoms with E-state index in [1.165, 1.54) is 5.56 Å². The predicted molar refractivity (Wildman–Crippen MR) is 67.3 cm³/mol. The Hall–Kier alpha value is -1.81. The van der Waals surface area contributed by atoms with Crippen molar-refractivity contribution >= 4 is 28.5 Å². The van der Waals surface area contributed by atoms with Crippen LogP contribution in [-0.4, -0.2) is 11.1 Å². The van der Waals surface area contributed by atoms with E-state index in [-0.39, 0.29) is 11.1 Å². The number of rotatable bonds is 1. The Balaban J connectivity index is 1.96. The molecule has 0 atom stereocenters. The Bertz CT molecular complexity index is 587. The molecule has 0 bridgehead atoms. The van der Waals surface area contributed by atoms with Crippen molar-refractivity contribution < 1.29 is 9.59 Å². The molecule has 3 rings (SSSR count). The van der Waals surface area contributed by atoms with Gasteiger partial charge in [-0.15, -0.1) is 0 Å². The SMILES string of the molecule is O=C1NC(=O)/C(=C\C2=CCc3ccccc32)S1. The molecule has 0 saturated carbocycles. The molecule has 0 spiro atoms. The van der Waals surface area contributed by atoms with Crippen LogP contribution in [0.1, 0.15) is 11.1 Å². The lowest BCUT2D eigenvalue weighted by Gasteiger charge is -2.00. The minimum atomic E-state index is -0.301. The Kier molecular flexibility index (Phi) is 2.37. The van der Waals surface area contributed by atoms with Crippen molar-refractivity contribution in [3.63, 3.8) is 0 Å². The summed E-state index contributed by atoms with van der Waals surface area (Å²) in [6.07, 6.45) is 4.75. The van der Waals surface area contributed by atoms with Crippen LogP contribution in [0.2, 0.25) is 0 Å². The van der Waals surface area contributed by atoms with Crippen molar-refractivity contribution in [1.29, 1.82) is 0 Å². The Morgan fingerprint density at radius 3 is 2.82 bits per heavy atom. The van der Waals surface area contributed by atoms with Gasteiger partial charge in [0.15, 0.2) is 0 Å². The monoisotopic (exact) mass is 243 g/mol. The summed E-state index contributed by atoms with van der Waals surface area (Å²) in [6.45, 7) is 0. The zero-order valence-corrected chi connectivity index (χ0v) is 9.71. The maximum absolute atomic E-state index is 11.4. The van der Waals surface area contributed by atoms with Gasteiger partial charge in [0.2, 0.25) is 0 Å². The number of allylic oxidation sites excluding steroid dienone is 3. The van der Waals surface area contributed by atoms with Gasteiger partial charge >= 0.3 is 0 Å². The summed E-state index contributed by atoms with van der Waals surface area (Å²) in [4.78, 5) is 23.0. The van der Waals surface area contributed by atoms with Gasteiger partial charge in [-0.1, -0.05) is 30.3 Å². The number of thioether (sulfide) groups is 1. The van der Waals surface area contributed by atoms with E-state index >= 15 is 0 Å². The lowest BCUT2D eigenvalue weighted by molar-refractivity contribution is -0.115. The minimum Gasteiger partial charge on any atom is -0.282 e. The van der Waals surface area contributed by atoms with Gasteiger partial charge in [-0.05, 0) is 41.0 Å². The number of imide groups is 1. The van der Waals surface area contributed by atoms with Crippen molar-refractivity contribution in [2.75, 3.05) is 0 Å². The van der Waals surface area contributed by atoms with Crippen molar-refractivity contribution in [3.8, 4) is 0 Å². The highest BCUT2D eigenvalue weighted by molar-refractivity contribution is 8.18. The first-order valence-corrected chi connectivity index (χ1v) is 6.09. The highest BCUT2D eigenvalue weighted by Gasteiger charge is 2.26. The zero-order chi connectivity index (χ0) is 11.8. The first-order valence-electron chi connectivity index (χ1n) is 5.27. The van der Waals surface area contributed by atoms with Crippen LogP contribution in [0, 0.1) is 0 Å². The third-order valence-corrected chi connectivity index (χ3v) is 3.61. The smallest absolute Gasteiger partial charge is 0.282 e. The molecule has 17 heavy (non-hydrogen) atoms. The second-order valence-corrected chi connectivity index (χ2v) is 4.89. The van der Waals surface area contributed by atoms with E-state index < -0.39 is 0 Å². The molecule has 4 heteroatoms. The molecule has 1 aliphatic heterocycles. The zero-order valence-electron chi connectivity index (χ0n) is 8.90. The molecular weight excluding hydrogens is 234 g/mol. The molecule has 1 aromatic rings. The van der Waals surface area contributed by atoms with Gasteiger partial charge < -0.3 is 0 Å². The Labute approximate surface area is 103 Å². The predicted octanol–water partition coefficient (Wildman–Crippen LogP) is 2.49. The maximum Gasteiger partial charge on any atom is 0.290 e. The second-order valence-electron chi connectivity index (χ2n) is 3.87. The van der Waals surface area contributed by atoms with Crippen molar-refractivity contribution in [3.05, 3.63) is 52.4 Å². The molecule has 0 radical (unpaired) electrons. The van der Waals surface area contributed by atoms with Gasteiger partial charge in [-0.3, -0.25) is 14.9 Å². The average Bonchev–Trinajstić information content (AvgIpc) is 2.85. The summed E-state index contributed by atoms with van der Waals surface area (Å²) in [5, 5.41) is 1.96. The molecule has 1 fully saturated rings. The van der Waals surface area contributed by atoms with E-state index in [4.69, 9.17) is 0 Å². The largest absolute Gasteiger partial charge is 0.290 e. The van der Waals surface area contributed by atoms with Gasteiger partial charge in [-0.2, -0.15) is 0 Å². The van der Waals surface area contributed by atoms with Crippen molar-refractivity contribution in [1.82, 2.24) is 5.32 Å². The number of hydrogen-bond donors (Lipinski definition) is 1. The van der Waals surface area contributed by atoms with E-state index in [9.17, 15) is 9.59 Å². The number of nitrogens with one attached hydrogen (secondary N) is 1. The van der Waals surface area contributed by atoms with Gasteiger partial charge in [0, 0.05) is 0 Å². The molecular formula is C13H9NO2S. The molecule has 2 amide bonds. The highest BCUT2D eigenvalue weighted by atomic mass is 32.2. The van der Waals surface area contributed by atoms with Crippen LogP contribution < -0.4 is 5.32 Å². The van der Waals surface area contributed by atoms with Crippen LogP contribution in [0.5, 0.6) is 0 Å². The lowest BCUT2D eigenvalue weighted by atomic mass is 10.1. The number of hydrogen-bond acceptors (Lipinski definition) is 3. The summed E-state index contributed by atoms with van der Waals surface area (Å²) in [7, 11) is 0. The molecule has 84 valence electrons. The van der Waals surface area contributed by atoms with E-state index in [0.29, 0.717) is 4.91 Å². The molecule has 1 heterocycles. The van der Waals surface area contributed by atoms with Gasteiger partial charge in [0.05, 0.1) is 4.91 Å². The fraction of sp³-hybridized carbons (Fsp3) is 0.0769. The van der Waals surface area contributed by atoms with Crippen molar-refractivity contribution in [2.45, 2.75) is 6.42 Å². The minimum absolute atomic E-state index is 0.298. The molecule has 3 nitrogen and oxygen atoms in total. The fourth-order valence-electron chi connectivity index (χ4n) is 2.01. The Morgan fingerprint density at radius 2 is 2.06 bits per heavy atom. The first kappa shape index (κ1) is 10.4. The maximum atomic E-state index is 11.4. The fourth-order valence-corrected chi connectivity index (χ4v) is 2.68. The van der Waals surface area contributed by atoms with Gasteiger partial charge in [-0.25, -0.2) is 0 Å². The second kappa shape index (κ2) is 3.89. The van der Waals surface area contributed by atoms with E-state index in [1.54, 1.807) is 6.08 Å². The number of fused-ring (bicyclic) bond motifs is 1. The molecule has 0 aromatic heterocycles. The first-order chi connectivity index (χ1) is 8.24. The molecule has 1 aromatic carbocycles. The van der Waals surface area contributed by atoms with E-state index in [0.717, 1.165) is 29.3 Å². The number of amides is 2. The van der Waals surface area contributed by atoms with E-state index in [1.807, 2.05) is 18.2 Å². The standard InChI is InChI=1S/C13H9NO2S/c15-12-11(17-13(16)14-12)7-9-6-5-8-3-1-2-4-10(8)9/h1-4,6-7H,5H2,(H,14,15,16)/b11-7+. The normalized spacial score (nSPS) is 20.5. The summed E-state index contributed by atoms with van der Waals surface area (Å²) in [5.74, 6) is -0.301. The Morgan fingerprint density at radius 1 is 1.24 bits per heavy atom. The highest BCUT2D eigenvalue weighted by Crippen LogP contribution is 2.32. The number of benzene rings is 1. The summed E-state index contributed by atoms with van der Waals surface area (Å²) < 4.78 is 0. The third-order valence-electron chi connectivity index (χ3n) is 2.80. The molecule has 2 aliphatic rings. The molecule has 1 N–H and O–H groups in total. The van der Waals surface area contributed by atoms with Crippen LogP contribution in [0.15, 0.2) is 41.3 Å². The summed E-state index contributed by atoms with van der Waals surface area (Å²) in [5.41, 5.74) is 3.43. The quantitative estimate of drug-likeness (QED) is 0.771. The summed E-state index contributed by atoms with van der Waals surface area (Å²) in [6, 6.07) is 8.09. The number of carbonyl (C=O) groups is 2. The molecule has 1 saturated heterocycles. The van der Waals surface area contributed by atoms with Crippen LogP contribution in [0.3, 0.4) is 0 Å². The van der Waals surface area contributed by atoms with Crippen LogP contribution >= 0.6 is 11.8 Å². The summed E-state index contributed by atoms with van der Waals surface area (Å²) >= 11 is 0.956. The van der Waals surface area contributed by atoms with Gasteiger partial charge in [0.1, 0.15) is 0 Å². The number of carbonyl (C=O) groups excluding carboxylic acids is 2. The van der Waals surface area contributed by atoms with Crippen LogP contribution in [-0.2, 0) is 11.2 Å². The van der Waals surface area contributed by atoms with Crippen LogP contribution in [0.25, 0.3) is 5.57 Å². The molecule has 0 unspecified atom stereocenters. The third kappa shape index (κ3) is 1.80. The van der Waals surface area contributed by atoms with Gasteiger partial charge in [0.25, 0.3) is 11.1 Å². The van der Waals surface area contributed by atoms with Crippen molar-refractivity contribution in [2.24, 2.45) is 0 Å². The van der Waals surface area contributed by atoms with Crippen LogP contribution in [0.4, 0.5) is 4.79 Å². The molecule has 1 aliphatic carbocycles. The lowest BCUT2D eigenvalue weighted by Crippen LogP contribution is -2.17. The topological polar surface area (TPSA) is 46.2 Å². The average molecular weight is 243 g/mol.